The number of nitrogens with one attached hydrogen (secondary N) is 2. The quantitative estimate of drug-likeness (QED) is 0.623. The van der Waals surface area contributed by atoms with Crippen LogP contribution in [0.2, 0.25) is 0 Å². The molecule has 0 amide bonds. The molecule has 2 heterocycles. The van der Waals surface area contributed by atoms with Crippen molar-refractivity contribution in [1.29, 1.82) is 0 Å². The smallest absolute Gasteiger partial charge is 0.191 e. The van der Waals surface area contributed by atoms with Gasteiger partial charge in [-0.05, 0) is 39.8 Å². The summed E-state index contributed by atoms with van der Waals surface area (Å²) in [6.45, 7) is 9.02. The van der Waals surface area contributed by atoms with Crippen LogP contribution in [-0.4, -0.2) is 49.2 Å². The molecular weight excluding hydrogens is 254 g/mol. The number of aromatic nitrogens is 1. The number of hydrogen-bond donors (Lipinski definition) is 2. The van der Waals surface area contributed by atoms with Gasteiger partial charge in [0.15, 0.2) is 5.96 Å². The van der Waals surface area contributed by atoms with E-state index in [1.165, 1.54) is 25.9 Å². The monoisotopic (exact) mass is 279 g/mol. The van der Waals surface area contributed by atoms with E-state index in [9.17, 15) is 0 Å². The maximum Gasteiger partial charge on any atom is 0.191 e. The maximum atomic E-state index is 5.15. The molecule has 20 heavy (non-hydrogen) atoms. The van der Waals surface area contributed by atoms with Crippen LogP contribution in [0.3, 0.4) is 0 Å². The summed E-state index contributed by atoms with van der Waals surface area (Å²) >= 11 is 0. The van der Waals surface area contributed by atoms with Crippen LogP contribution in [0.1, 0.15) is 29.9 Å². The van der Waals surface area contributed by atoms with Gasteiger partial charge in [0, 0.05) is 32.2 Å². The molecule has 0 saturated carbocycles. The van der Waals surface area contributed by atoms with Gasteiger partial charge in [0.2, 0.25) is 0 Å². The summed E-state index contributed by atoms with van der Waals surface area (Å²) in [5.74, 6) is 1.69. The second-order valence-electron chi connectivity index (χ2n) is 5.20. The van der Waals surface area contributed by atoms with Crippen LogP contribution in [-0.2, 0) is 6.54 Å². The summed E-state index contributed by atoms with van der Waals surface area (Å²) in [6, 6.07) is 0. The number of aliphatic imine (C=N–C) groups is 1. The number of aryl methyl sites for hydroxylation is 2. The highest BCUT2D eigenvalue weighted by molar-refractivity contribution is 5.79. The van der Waals surface area contributed by atoms with Crippen molar-refractivity contribution in [3.05, 3.63) is 17.0 Å². The lowest BCUT2D eigenvalue weighted by Crippen LogP contribution is -2.40. The molecule has 6 nitrogen and oxygen atoms in total. The van der Waals surface area contributed by atoms with Gasteiger partial charge in [-0.3, -0.25) is 4.99 Å². The maximum absolute atomic E-state index is 5.15. The van der Waals surface area contributed by atoms with E-state index in [4.69, 9.17) is 4.52 Å². The zero-order valence-electron chi connectivity index (χ0n) is 12.7. The first kappa shape index (κ1) is 14.8. The molecule has 2 rings (SSSR count). The largest absolute Gasteiger partial charge is 0.361 e. The van der Waals surface area contributed by atoms with E-state index in [2.05, 4.69) is 25.7 Å². The molecule has 0 unspecified atom stereocenters. The molecule has 0 spiro atoms. The predicted octanol–water partition coefficient (Wildman–Crippen LogP) is 1.05. The van der Waals surface area contributed by atoms with Gasteiger partial charge in [0.05, 0.1) is 5.69 Å². The SMILES string of the molecule is CN=C(NCCN1CCCC1)NCc1c(C)noc1C. The second-order valence-corrected chi connectivity index (χ2v) is 5.20. The first-order chi connectivity index (χ1) is 9.70. The highest BCUT2D eigenvalue weighted by Gasteiger charge is 2.11. The molecule has 0 aliphatic carbocycles. The van der Waals surface area contributed by atoms with Gasteiger partial charge in [0.1, 0.15) is 5.76 Å². The van der Waals surface area contributed by atoms with Crippen LogP contribution in [0.4, 0.5) is 0 Å². The van der Waals surface area contributed by atoms with E-state index in [-0.39, 0.29) is 0 Å². The van der Waals surface area contributed by atoms with Crippen molar-refractivity contribution < 1.29 is 4.52 Å². The lowest BCUT2D eigenvalue weighted by atomic mass is 10.2. The van der Waals surface area contributed by atoms with Crippen molar-refractivity contribution in [3.63, 3.8) is 0 Å². The number of hydrogen-bond acceptors (Lipinski definition) is 4. The first-order valence-electron chi connectivity index (χ1n) is 7.29. The van der Waals surface area contributed by atoms with Crippen LogP contribution in [0.5, 0.6) is 0 Å². The molecule has 1 aromatic heterocycles. The minimum atomic E-state index is 0.685. The Bertz CT molecular complexity index is 429. The minimum Gasteiger partial charge on any atom is -0.361 e. The summed E-state index contributed by atoms with van der Waals surface area (Å²) in [6.07, 6.45) is 2.66. The Labute approximate surface area is 120 Å². The molecule has 112 valence electrons. The van der Waals surface area contributed by atoms with Crippen molar-refractivity contribution in [2.45, 2.75) is 33.2 Å². The Morgan fingerprint density at radius 3 is 2.65 bits per heavy atom. The van der Waals surface area contributed by atoms with Gasteiger partial charge in [-0.1, -0.05) is 5.16 Å². The molecule has 0 bridgehead atoms. The molecule has 1 aliphatic rings. The first-order valence-corrected chi connectivity index (χ1v) is 7.29. The van der Waals surface area contributed by atoms with Crippen molar-refractivity contribution in [3.8, 4) is 0 Å². The highest BCUT2D eigenvalue weighted by atomic mass is 16.5. The van der Waals surface area contributed by atoms with Crippen molar-refractivity contribution in [2.75, 3.05) is 33.2 Å². The summed E-state index contributed by atoms with van der Waals surface area (Å²) < 4.78 is 5.15. The highest BCUT2D eigenvalue weighted by Crippen LogP contribution is 2.11. The van der Waals surface area contributed by atoms with E-state index in [1.54, 1.807) is 7.05 Å². The summed E-state index contributed by atoms with van der Waals surface area (Å²) in [5, 5.41) is 10.6. The summed E-state index contributed by atoms with van der Waals surface area (Å²) in [4.78, 5) is 6.72. The molecular formula is C14H25N5O. The Hall–Kier alpha value is -1.56. The Balaban J connectivity index is 1.72. The third kappa shape index (κ3) is 3.96. The Morgan fingerprint density at radius 2 is 2.05 bits per heavy atom. The molecule has 2 N–H and O–H groups in total. The summed E-state index contributed by atoms with van der Waals surface area (Å²) in [7, 11) is 1.79. The normalized spacial score (nSPS) is 16.6. The molecule has 0 radical (unpaired) electrons. The molecule has 1 aliphatic heterocycles. The van der Waals surface area contributed by atoms with E-state index in [0.29, 0.717) is 6.54 Å². The van der Waals surface area contributed by atoms with Crippen LogP contribution in [0.25, 0.3) is 0 Å². The molecule has 1 aromatic rings. The predicted molar refractivity (Wildman–Crippen MR) is 79.9 cm³/mol. The van der Waals surface area contributed by atoms with Crippen LogP contribution in [0, 0.1) is 13.8 Å². The Morgan fingerprint density at radius 1 is 1.30 bits per heavy atom. The third-order valence-corrected chi connectivity index (χ3v) is 3.76. The summed E-state index contributed by atoms with van der Waals surface area (Å²) in [5.41, 5.74) is 2.04. The van der Waals surface area contributed by atoms with Gasteiger partial charge < -0.3 is 20.1 Å². The molecule has 0 aromatic carbocycles. The van der Waals surface area contributed by atoms with Crippen LogP contribution in [0.15, 0.2) is 9.52 Å². The van der Waals surface area contributed by atoms with Crippen LogP contribution < -0.4 is 10.6 Å². The lowest BCUT2D eigenvalue weighted by molar-refractivity contribution is 0.343. The van der Waals surface area contributed by atoms with E-state index < -0.39 is 0 Å². The standard InChI is InChI=1S/C14H25N5O/c1-11-13(12(2)20-18-11)10-17-14(15-3)16-6-9-19-7-4-5-8-19/h4-10H2,1-3H3,(H2,15,16,17). The molecule has 1 fully saturated rings. The van der Waals surface area contributed by atoms with E-state index in [0.717, 1.165) is 36.1 Å². The zero-order chi connectivity index (χ0) is 14.4. The van der Waals surface area contributed by atoms with Crippen LogP contribution >= 0.6 is 0 Å². The van der Waals surface area contributed by atoms with E-state index in [1.807, 2.05) is 13.8 Å². The van der Waals surface area contributed by atoms with Crippen molar-refractivity contribution in [1.82, 2.24) is 20.7 Å². The lowest BCUT2D eigenvalue weighted by Gasteiger charge is -2.16. The van der Waals surface area contributed by atoms with Gasteiger partial charge in [-0.15, -0.1) is 0 Å². The topological polar surface area (TPSA) is 65.7 Å². The van der Waals surface area contributed by atoms with Gasteiger partial charge >= 0.3 is 0 Å². The number of rotatable bonds is 5. The van der Waals surface area contributed by atoms with Crippen molar-refractivity contribution >= 4 is 5.96 Å². The fourth-order valence-electron chi connectivity index (χ4n) is 2.49. The number of nitrogens with zero attached hydrogens (tertiary/aromatic N) is 3. The second kappa shape index (κ2) is 7.28. The fraction of sp³-hybridized carbons (Fsp3) is 0.714. The third-order valence-electron chi connectivity index (χ3n) is 3.76. The fourth-order valence-corrected chi connectivity index (χ4v) is 2.49. The van der Waals surface area contributed by atoms with Gasteiger partial charge in [-0.2, -0.15) is 0 Å². The average molecular weight is 279 g/mol. The van der Waals surface area contributed by atoms with Gasteiger partial charge in [-0.25, -0.2) is 0 Å². The van der Waals surface area contributed by atoms with E-state index >= 15 is 0 Å². The average Bonchev–Trinajstić information content (AvgIpc) is 3.06. The Kier molecular flexibility index (Phi) is 5.40. The molecule has 1 saturated heterocycles. The minimum absolute atomic E-state index is 0.685. The van der Waals surface area contributed by atoms with Crippen molar-refractivity contribution in [2.24, 2.45) is 4.99 Å². The molecule has 0 atom stereocenters. The number of likely N-dealkylation sites (tertiary alicyclic amines) is 1. The zero-order valence-corrected chi connectivity index (χ0v) is 12.7. The molecule has 6 heteroatoms. The number of guanidine groups is 1. The van der Waals surface area contributed by atoms with Gasteiger partial charge in [0.25, 0.3) is 0 Å².